The Bertz CT molecular complexity index is 397. The van der Waals surface area contributed by atoms with Gasteiger partial charge in [-0.3, -0.25) is 9.58 Å². The highest BCUT2D eigenvalue weighted by atomic mass is 15.3. The average molecular weight is 276 g/mol. The summed E-state index contributed by atoms with van der Waals surface area (Å²) in [5.74, 6) is 1.72. The predicted octanol–water partition coefficient (Wildman–Crippen LogP) is 1.98. The Hall–Kier alpha value is -0.870. The molecule has 0 radical (unpaired) electrons. The molecule has 1 aromatic heterocycles. The third kappa shape index (κ3) is 3.61. The molecule has 0 amide bonds. The van der Waals surface area contributed by atoms with Crippen molar-refractivity contribution in [3.05, 3.63) is 18.5 Å². The second-order valence-electron chi connectivity index (χ2n) is 6.90. The smallest absolute Gasteiger partial charge is 0.0536 e. The lowest BCUT2D eigenvalue weighted by Crippen LogP contribution is -2.58. The molecule has 0 spiro atoms. The summed E-state index contributed by atoms with van der Waals surface area (Å²) in [6.45, 7) is 9.19. The normalized spacial score (nSPS) is 28.1. The summed E-state index contributed by atoms with van der Waals surface area (Å²) < 4.78 is 2.06. The van der Waals surface area contributed by atoms with Crippen molar-refractivity contribution in [1.29, 1.82) is 0 Å². The Morgan fingerprint density at radius 2 is 2.15 bits per heavy atom. The fraction of sp³-hybridized carbons (Fsp3) is 0.812. The number of piperazine rings is 1. The maximum Gasteiger partial charge on any atom is 0.0536 e. The van der Waals surface area contributed by atoms with Crippen LogP contribution in [-0.4, -0.2) is 46.4 Å². The molecule has 1 aliphatic heterocycles. The first kappa shape index (κ1) is 14.1. The maximum absolute atomic E-state index is 4.33. The van der Waals surface area contributed by atoms with E-state index in [0.717, 1.165) is 31.0 Å². The summed E-state index contributed by atoms with van der Waals surface area (Å²) in [6, 6.07) is 3.44. The molecule has 3 rings (SSSR count). The molecule has 0 aromatic carbocycles. The topological polar surface area (TPSA) is 33.1 Å². The van der Waals surface area contributed by atoms with E-state index >= 15 is 0 Å². The lowest BCUT2D eigenvalue weighted by atomic mass is 9.98. The Kier molecular flexibility index (Phi) is 4.41. The van der Waals surface area contributed by atoms with E-state index in [2.05, 4.69) is 40.0 Å². The third-order valence-corrected chi connectivity index (χ3v) is 4.64. The van der Waals surface area contributed by atoms with Crippen LogP contribution in [0.25, 0.3) is 0 Å². The van der Waals surface area contributed by atoms with Gasteiger partial charge in [-0.05, 0) is 37.2 Å². The van der Waals surface area contributed by atoms with E-state index in [-0.39, 0.29) is 0 Å². The molecule has 4 heteroatoms. The highest BCUT2D eigenvalue weighted by molar-refractivity contribution is 4.95. The number of rotatable bonds is 6. The first-order valence-electron chi connectivity index (χ1n) is 8.17. The molecule has 2 atom stereocenters. The minimum atomic E-state index is 0.669. The molecule has 112 valence electrons. The highest BCUT2D eigenvalue weighted by Crippen LogP contribution is 2.36. The van der Waals surface area contributed by atoms with Crippen LogP contribution in [0.5, 0.6) is 0 Å². The first-order valence-corrected chi connectivity index (χ1v) is 8.17. The van der Waals surface area contributed by atoms with Gasteiger partial charge < -0.3 is 5.32 Å². The highest BCUT2D eigenvalue weighted by Gasteiger charge is 2.38. The SMILES string of the molecule is CC(C)CC1CN(CCn2cccn2)C(C2CC2)CN1. The molecular formula is C16H28N4. The zero-order chi connectivity index (χ0) is 13.9. The van der Waals surface area contributed by atoms with Crippen LogP contribution < -0.4 is 5.32 Å². The van der Waals surface area contributed by atoms with Gasteiger partial charge in [-0.1, -0.05) is 13.8 Å². The molecule has 1 aliphatic carbocycles. The van der Waals surface area contributed by atoms with Crippen molar-refractivity contribution in [2.75, 3.05) is 19.6 Å². The van der Waals surface area contributed by atoms with Crippen LogP contribution in [0.1, 0.15) is 33.1 Å². The lowest BCUT2D eigenvalue weighted by molar-refractivity contribution is 0.102. The molecular weight excluding hydrogens is 248 g/mol. The van der Waals surface area contributed by atoms with Gasteiger partial charge in [0.2, 0.25) is 0 Å². The van der Waals surface area contributed by atoms with Crippen LogP contribution >= 0.6 is 0 Å². The van der Waals surface area contributed by atoms with Crippen LogP contribution in [0.3, 0.4) is 0 Å². The number of hydrogen-bond donors (Lipinski definition) is 1. The summed E-state index contributed by atoms with van der Waals surface area (Å²) in [4.78, 5) is 2.73. The van der Waals surface area contributed by atoms with Gasteiger partial charge in [0.05, 0.1) is 6.54 Å². The third-order valence-electron chi connectivity index (χ3n) is 4.64. The maximum atomic E-state index is 4.33. The van der Waals surface area contributed by atoms with E-state index < -0.39 is 0 Å². The van der Waals surface area contributed by atoms with Crippen molar-refractivity contribution in [3.8, 4) is 0 Å². The van der Waals surface area contributed by atoms with Crippen LogP contribution in [0.4, 0.5) is 0 Å². The fourth-order valence-electron chi connectivity index (χ4n) is 3.49. The van der Waals surface area contributed by atoms with Crippen molar-refractivity contribution < 1.29 is 0 Å². The summed E-state index contributed by atoms with van der Waals surface area (Å²) in [5.41, 5.74) is 0. The number of nitrogens with one attached hydrogen (secondary N) is 1. The molecule has 2 aliphatic rings. The summed E-state index contributed by atoms with van der Waals surface area (Å²) in [5, 5.41) is 8.11. The van der Waals surface area contributed by atoms with Gasteiger partial charge in [0.15, 0.2) is 0 Å². The molecule has 2 unspecified atom stereocenters. The van der Waals surface area contributed by atoms with Crippen LogP contribution in [-0.2, 0) is 6.54 Å². The predicted molar refractivity (Wildman–Crippen MR) is 81.6 cm³/mol. The van der Waals surface area contributed by atoms with Gasteiger partial charge in [0, 0.05) is 44.1 Å². The first-order chi connectivity index (χ1) is 9.72. The molecule has 2 fully saturated rings. The van der Waals surface area contributed by atoms with Gasteiger partial charge in [0.25, 0.3) is 0 Å². The Balaban J connectivity index is 1.56. The van der Waals surface area contributed by atoms with Crippen LogP contribution in [0, 0.1) is 11.8 Å². The van der Waals surface area contributed by atoms with E-state index in [4.69, 9.17) is 0 Å². The molecule has 2 heterocycles. The second kappa shape index (κ2) is 6.27. The number of aromatic nitrogens is 2. The van der Waals surface area contributed by atoms with Gasteiger partial charge in [-0.2, -0.15) is 5.10 Å². The van der Waals surface area contributed by atoms with Crippen molar-refractivity contribution in [3.63, 3.8) is 0 Å². The molecule has 1 N–H and O–H groups in total. The number of hydrogen-bond acceptors (Lipinski definition) is 3. The van der Waals surface area contributed by atoms with E-state index in [1.54, 1.807) is 0 Å². The van der Waals surface area contributed by atoms with E-state index in [9.17, 15) is 0 Å². The van der Waals surface area contributed by atoms with Crippen molar-refractivity contribution >= 4 is 0 Å². The standard InChI is InChI=1S/C16H28N4/c1-13(2)10-15-12-19(8-9-20-7-3-6-18-20)16(11-17-15)14-4-5-14/h3,6-7,13-17H,4-5,8-12H2,1-2H3. The quantitative estimate of drug-likeness (QED) is 0.862. The summed E-state index contributed by atoms with van der Waals surface area (Å²) in [7, 11) is 0. The van der Waals surface area contributed by atoms with E-state index in [1.807, 2.05) is 12.3 Å². The largest absolute Gasteiger partial charge is 0.311 e. The minimum Gasteiger partial charge on any atom is -0.311 e. The van der Waals surface area contributed by atoms with Crippen molar-refractivity contribution in [1.82, 2.24) is 20.0 Å². The molecule has 1 saturated heterocycles. The Morgan fingerprint density at radius 3 is 2.80 bits per heavy atom. The minimum absolute atomic E-state index is 0.669. The monoisotopic (exact) mass is 276 g/mol. The van der Waals surface area contributed by atoms with Gasteiger partial charge in [-0.15, -0.1) is 0 Å². The van der Waals surface area contributed by atoms with E-state index in [1.165, 1.54) is 32.4 Å². The van der Waals surface area contributed by atoms with E-state index in [0.29, 0.717) is 6.04 Å². The van der Waals surface area contributed by atoms with Gasteiger partial charge in [0.1, 0.15) is 0 Å². The average Bonchev–Trinajstić information content (AvgIpc) is 3.12. The molecule has 20 heavy (non-hydrogen) atoms. The fourth-order valence-corrected chi connectivity index (χ4v) is 3.49. The Morgan fingerprint density at radius 1 is 1.30 bits per heavy atom. The van der Waals surface area contributed by atoms with Crippen LogP contribution in [0.2, 0.25) is 0 Å². The molecule has 4 nitrogen and oxygen atoms in total. The van der Waals surface area contributed by atoms with Gasteiger partial charge >= 0.3 is 0 Å². The van der Waals surface area contributed by atoms with Gasteiger partial charge in [-0.25, -0.2) is 0 Å². The lowest BCUT2D eigenvalue weighted by Gasteiger charge is -2.41. The Labute approximate surface area is 122 Å². The zero-order valence-electron chi connectivity index (χ0n) is 12.8. The number of nitrogens with zero attached hydrogens (tertiary/aromatic N) is 3. The van der Waals surface area contributed by atoms with Crippen molar-refractivity contribution in [2.24, 2.45) is 11.8 Å². The second-order valence-corrected chi connectivity index (χ2v) is 6.90. The zero-order valence-corrected chi connectivity index (χ0v) is 12.8. The molecule has 1 aromatic rings. The van der Waals surface area contributed by atoms with Crippen LogP contribution in [0.15, 0.2) is 18.5 Å². The molecule has 0 bridgehead atoms. The summed E-state index contributed by atoms with van der Waals surface area (Å²) >= 11 is 0. The molecule has 1 saturated carbocycles. The van der Waals surface area contributed by atoms with Crippen molar-refractivity contribution in [2.45, 2.75) is 51.7 Å². The summed E-state index contributed by atoms with van der Waals surface area (Å²) in [6.07, 6.45) is 8.09.